The Hall–Kier alpha value is -4.14. The van der Waals surface area contributed by atoms with Crippen molar-refractivity contribution in [1.82, 2.24) is 29.6 Å². The summed E-state index contributed by atoms with van der Waals surface area (Å²) >= 11 is 0. The summed E-state index contributed by atoms with van der Waals surface area (Å²) in [6.07, 6.45) is 5.41. The van der Waals surface area contributed by atoms with Gasteiger partial charge in [-0.1, -0.05) is 44.2 Å². The SMILES string of the molecule is Cc1cc(C(=O)N2Cc3cn[nH]c3C(C)(C)C2)cc(N2CCC(n3cc(-c4ccccc4)[nH]c3=O)CC2)n1. The quantitative estimate of drug-likeness (QED) is 0.430. The summed E-state index contributed by atoms with van der Waals surface area (Å²) < 4.78 is 1.83. The zero-order valence-electron chi connectivity index (χ0n) is 22.1. The Morgan fingerprint density at radius 1 is 1.11 bits per heavy atom. The minimum Gasteiger partial charge on any atom is -0.356 e. The molecule has 0 atom stereocenters. The van der Waals surface area contributed by atoms with Crippen LogP contribution in [0.4, 0.5) is 5.82 Å². The zero-order valence-corrected chi connectivity index (χ0v) is 22.1. The molecule has 196 valence electrons. The van der Waals surface area contributed by atoms with Crippen LogP contribution in [0.3, 0.4) is 0 Å². The third kappa shape index (κ3) is 4.42. The number of rotatable bonds is 4. The van der Waals surface area contributed by atoms with Gasteiger partial charge < -0.3 is 14.8 Å². The van der Waals surface area contributed by atoms with E-state index in [1.165, 1.54) is 0 Å². The van der Waals surface area contributed by atoms with Gasteiger partial charge in [0.1, 0.15) is 5.82 Å². The second kappa shape index (κ2) is 9.31. The van der Waals surface area contributed by atoms with Crippen molar-refractivity contribution in [3.63, 3.8) is 0 Å². The highest BCUT2D eigenvalue weighted by Crippen LogP contribution is 2.33. The average molecular weight is 512 g/mol. The number of hydrogen-bond donors (Lipinski definition) is 2. The predicted octanol–water partition coefficient (Wildman–Crippen LogP) is 4.05. The van der Waals surface area contributed by atoms with Crippen molar-refractivity contribution in [2.24, 2.45) is 0 Å². The van der Waals surface area contributed by atoms with Gasteiger partial charge in [0.05, 0.1) is 11.9 Å². The molecule has 6 rings (SSSR count). The Morgan fingerprint density at radius 3 is 2.63 bits per heavy atom. The van der Waals surface area contributed by atoms with Crippen LogP contribution >= 0.6 is 0 Å². The van der Waals surface area contributed by atoms with Crippen LogP contribution < -0.4 is 10.6 Å². The number of pyridine rings is 1. The summed E-state index contributed by atoms with van der Waals surface area (Å²) in [4.78, 5) is 38.2. The first-order chi connectivity index (χ1) is 18.3. The van der Waals surface area contributed by atoms with E-state index < -0.39 is 0 Å². The molecule has 0 unspecified atom stereocenters. The van der Waals surface area contributed by atoms with Crippen molar-refractivity contribution in [3.05, 3.63) is 87.9 Å². The number of benzene rings is 1. The van der Waals surface area contributed by atoms with Gasteiger partial charge in [-0.25, -0.2) is 9.78 Å². The number of aryl methyl sites for hydroxylation is 1. The molecular formula is C29H33N7O2. The van der Waals surface area contributed by atoms with Gasteiger partial charge in [-0.2, -0.15) is 5.10 Å². The second-order valence-electron chi connectivity index (χ2n) is 11.1. The normalized spacial score (nSPS) is 17.4. The fourth-order valence-corrected chi connectivity index (χ4v) is 5.92. The maximum atomic E-state index is 13.6. The molecule has 0 aliphatic carbocycles. The van der Waals surface area contributed by atoms with Crippen molar-refractivity contribution in [2.45, 2.75) is 51.6 Å². The van der Waals surface area contributed by atoms with Crippen molar-refractivity contribution >= 4 is 11.7 Å². The number of aromatic nitrogens is 5. The van der Waals surface area contributed by atoms with E-state index in [9.17, 15) is 9.59 Å². The molecule has 1 aromatic carbocycles. The zero-order chi connectivity index (χ0) is 26.4. The first-order valence-electron chi connectivity index (χ1n) is 13.2. The van der Waals surface area contributed by atoms with Gasteiger partial charge in [-0.05, 0) is 37.5 Å². The Labute approximate surface area is 221 Å². The van der Waals surface area contributed by atoms with E-state index in [4.69, 9.17) is 4.98 Å². The molecule has 2 aliphatic heterocycles. The van der Waals surface area contributed by atoms with E-state index in [0.717, 1.165) is 60.0 Å². The van der Waals surface area contributed by atoms with E-state index in [1.807, 2.05) is 71.2 Å². The summed E-state index contributed by atoms with van der Waals surface area (Å²) in [5, 5.41) is 7.31. The molecule has 0 saturated carbocycles. The number of nitrogens with one attached hydrogen (secondary N) is 2. The van der Waals surface area contributed by atoms with Crippen LogP contribution in [0.15, 0.2) is 59.7 Å². The van der Waals surface area contributed by atoms with Gasteiger partial charge in [-0.3, -0.25) is 14.5 Å². The number of carbonyl (C=O) groups excluding carboxylic acids is 1. The van der Waals surface area contributed by atoms with Crippen LogP contribution in [0.25, 0.3) is 11.3 Å². The number of nitrogens with zero attached hydrogens (tertiary/aromatic N) is 5. The Morgan fingerprint density at radius 2 is 1.87 bits per heavy atom. The molecule has 1 amide bonds. The number of H-pyrrole nitrogens is 2. The van der Waals surface area contributed by atoms with Gasteiger partial charge in [-0.15, -0.1) is 0 Å². The van der Waals surface area contributed by atoms with E-state index in [0.29, 0.717) is 18.7 Å². The highest BCUT2D eigenvalue weighted by atomic mass is 16.2. The lowest BCUT2D eigenvalue weighted by atomic mass is 9.83. The topological polar surface area (TPSA) is 103 Å². The molecule has 5 heterocycles. The highest BCUT2D eigenvalue weighted by Gasteiger charge is 2.36. The molecule has 2 aliphatic rings. The summed E-state index contributed by atoms with van der Waals surface area (Å²) in [5.74, 6) is 0.831. The largest absolute Gasteiger partial charge is 0.356 e. The predicted molar refractivity (Wildman–Crippen MR) is 146 cm³/mol. The van der Waals surface area contributed by atoms with Gasteiger partial charge >= 0.3 is 5.69 Å². The number of anilines is 1. The Bertz CT molecular complexity index is 1520. The minimum absolute atomic E-state index is 0.0128. The second-order valence-corrected chi connectivity index (χ2v) is 11.1. The van der Waals surface area contributed by atoms with E-state index in [1.54, 1.807) is 0 Å². The van der Waals surface area contributed by atoms with E-state index in [2.05, 4.69) is 33.9 Å². The first kappa shape index (κ1) is 24.2. The molecule has 0 bridgehead atoms. The Kier molecular flexibility index (Phi) is 5.93. The van der Waals surface area contributed by atoms with Crippen LogP contribution in [0.1, 0.15) is 60.0 Å². The molecule has 9 heteroatoms. The summed E-state index contributed by atoms with van der Waals surface area (Å²) in [6.45, 7) is 8.91. The fourth-order valence-electron chi connectivity index (χ4n) is 5.92. The number of amides is 1. The average Bonchev–Trinajstić information content (AvgIpc) is 3.55. The molecule has 9 nitrogen and oxygen atoms in total. The molecule has 3 aromatic heterocycles. The number of carbonyl (C=O) groups is 1. The summed E-state index contributed by atoms with van der Waals surface area (Å²) in [6, 6.07) is 13.8. The molecule has 0 radical (unpaired) electrons. The Balaban J connectivity index is 1.17. The highest BCUT2D eigenvalue weighted by molar-refractivity contribution is 5.95. The lowest BCUT2D eigenvalue weighted by molar-refractivity contribution is 0.0684. The monoisotopic (exact) mass is 511 g/mol. The maximum Gasteiger partial charge on any atom is 0.326 e. The lowest BCUT2D eigenvalue weighted by Gasteiger charge is -2.37. The van der Waals surface area contributed by atoms with Crippen molar-refractivity contribution < 1.29 is 4.79 Å². The lowest BCUT2D eigenvalue weighted by Crippen LogP contribution is -2.45. The number of fused-ring (bicyclic) bond motifs is 1. The molecule has 1 saturated heterocycles. The van der Waals surface area contributed by atoms with Gasteiger partial charge in [0.15, 0.2) is 0 Å². The number of imidazole rings is 1. The van der Waals surface area contributed by atoms with E-state index in [-0.39, 0.29) is 23.1 Å². The van der Waals surface area contributed by atoms with Crippen LogP contribution in [-0.2, 0) is 12.0 Å². The summed E-state index contributed by atoms with van der Waals surface area (Å²) in [5.41, 5.74) is 5.23. The third-order valence-electron chi connectivity index (χ3n) is 7.83. The fraction of sp³-hybridized carbons (Fsp3) is 0.379. The number of piperidine rings is 1. The number of aromatic amines is 2. The third-order valence-corrected chi connectivity index (χ3v) is 7.83. The minimum atomic E-state index is -0.191. The van der Waals surface area contributed by atoms with Crippen molar-refractivity contribution in [3.8, 4) is 11.3 Å². The standard InChI is InChI=1S/C29H33N7O2/c1-19-13-21(27(37)35-16-22-15-30-33-26(22)29(2,3)18-35)14-25(31-19)34-11-9-23(10-12-34)36-17-24(32-28(36)38)20-7-5-4-6-8-20/h4-8,13-15,17,23H,9-12,16,18H2,1-3H3,(H,30,33)(H,32,38). The molecule has 0 spiro atoms. The maximum absolute atomic E-state index is 13.6. The molecular weight excluding hydrogens is 478 g/mol. The van der Waals surface area contributed by atoms with Crippen molar-refractivity contribution in [1.29, 1.82) is 0 Å². The van der Waals surface area contributed by atoms with Gasteiger partial charge in [0.25, 0.3) is 5.91 Å². The van der Waals surface area contributed by atoms with E-state index >= 15 is 0 Å². The van der Waals surface area contributed by atoms with Gasteiger partial charge in [0.2, 0.25) is 0 Å². The van der Waals surface area contributed by atoms with Crippen molar-refractivity contribution in [2.75, 3.05) is 24.5 Å². The molecule has 1 fully saturated rings. The molecule has 4 aromatic rings. The molecule has 2 N–H and O–H groups in total. The first-order valence-corrected chi connectivity index (χ1v) is 13.2. The number of hydrogen-bond acceptors (Lipinski definition) is 5. The summed E-state index contributed by atoms with van der Waals surface area (Å²) in [7, 11) is 0. The van der Waals surface area contributed by atoms with Crippen LogP contribution in [-0.4, -0.2) is 55.2 Å². The molecule has 38 heavy (non-hydrogen) atoms. The van der Waals surface area contributed by atoms with Crippen LogP contribution in [0.2, 0.25) is 0 Å². The van der Waals surface area contributed by atoms with Crippen LogP contribution in [0.5, 0.6) is 0 Å². The van der Waals surface area contributed by atoms with Crippen LogP contribution in [0, 0.1) is 6.92 Å². The smallest absolute Gasteiger partial charge is 0.326 e. The van der Waals surface area contributed by atoms with Gasteiger partial charge in [0, 0.05) is 66.3 Å².